The summed E-state index contributed by atoms with van der Waals surface area (Å²) in [6, 6.07) is 6.01. The number of unbranched alkanes of at least 4 members (excludes halogenated alkanes) is 4. The molecule has 7 heteroatoms. The van der Waals surface area contributed by atoms with E-state index >= 15 is 0 Å². The van der Waals surface area contributed by atoms with Crippen LogP contribution in [0.1, 0.15) is 111 Å². The maximum atomic E-state index is 14.3. The molecule has 3 unspecified atom stereocenters. The first-order valence-electron chi connectivity index (χ1n) is 14.0. The van der Waals surface area contributed by atoms with Crippen LogP contribution >= 0.6 is 0 Å². The van der Waals surface area contributed by atoms with E-state index in [0.29, 0.717) is 13.0 Å². The molecule has 2 N–H and O–H groups in total. The molecule has 0 saturated heterocycles. The summed E-state index contributed by atoms with van der Waals surface area (Å²) in [4.78, 5) is 42.3. The smallest absolute Gasteiger partial charge is 0.408 e. The number of alkyl carbamates (subject to hydrolysis) is 1. The number of nitrogens with one attached hydrogen (secondary N) is 2. The van der Waals surface area contributed by atoms with Crippen LogP contribution < -0.4 is 10.6 Å². The van der Waals surface area contributed by atoms with Gasteiger partial charge in [-0.1, -0.05) is 77.1 Å². The van der Waals surface area contributed by atoms with Crippen molar-refractivity contribution in [2.45, 2.75) is 125 Å². The van der Waals surface area contributed by atoms with Crippen LogP contribution in [0.2, 0.25) is 0 Å². The molecular weight excluding hydrogens is 466 g/mol. The lowest BCUT2D eigenvalue weighted by Crippen LogP contribution is -2.55. The molecule has 0 heterocycles. The van der Waals surface area contributed by atoms with Crippen LogP contribution in [-0.4, -0.2) is 47.0 Å². The zero-order chi connectivity index (χ0) is 28.2. The maximum absolute atomic E-state index is 14.3. The normalized spacial score (nSPS) is 14.0. The number of amides is 3. The fourth-order valence-corrected chi connectivity index (χ4v) is 4.26. The zero-order valence-electron chi connectivity index (χ0n) is 24.6. The van der Waals surface area contributed by atoms with E-state index in [9.17, 15) is 14.4 Å². The third-order valence-corrected chi connectivity index (χ3v) is 6.41. The van der Waals surface area contributed by atoms with Gasteiger partial charge in [-0.2, -0.15) is 0 Å². The number of ether oxygens (including phenoxy) is 1. The van der Waals surface area contributed by atoms with Crippen LogP contribution in [0.5, 0.6) is 0 Å². The Bertz CT molecular complexity index is 863. The number of carbonyl (C=O) groups is 3. The Balaban J connectivity index is 3.49. The second-order valence-corrected chi connectivity index (χ2v) is 11.4. The molecule has 0 saturated carbocycles. The summed E-state index contributed by atoms with van der Waals surface area (Å²) in [5.74, 6) is -0.623. The molecule has 37 heavy (non-hydrogen) atoms. The lowest BCUT2D eigenvalue weighted by molar-refractivity contribution is -0.143. The molecule has 3 amide bonds. The van der Waals surface area contributed by atoms with Gasteiger partial charge in [0, 0.05) is 12.6 Å². The van der Waals surface area contributed by atoms with E-state index in [-0.39, 0.29) is 23.8 Å². The first kappa shape index (κ1) is 32.5. The fourth-order valence-electron chi connectivity index (χ4n) is 4.26. The van der Waals surface area contributed by atoms with Crippen LogP contribution in [0.3, 0.4) is 0 Å². The minimum absolute atomic E-state index is 0.0780. The van der Waals surface area contributed by atoms with Crippen molar-refractivity contribution in [1.29, 1.82) is 0 Å². The summed E-state index contributed by atoms with van der Waals surface area (Å²) < 4.78 is 5.48. The monoisotopic (exact) mass is 517 g/mol. The number of benzene rings is 1. The number of aryl methyl sites for hydroxylation is 1. The second-order valence-electron chi connectivity index (χ2n) is 11.4. The van der Waals surface area contributed by atoms with E-state index in [1.807, 2.05) is 58.9 Å². The van der Waals surface area contributed by atoms with Gasteiger partial charge in [0.25, 0.3) is 0 Å². The van der Waals surface area contributed by atoms with E-state index in [0.717, 1.165) is 43.2 Å². The van der Waals surface area contributed by atoms with Gasteiger partial charge >= 0.3 is 6.09 Å². The number of hydrogen-bond acceptors (Lipinski definition) is 4. The van der Waals surface area contributed by atoms with Crippen molar-refractivity contribution in [2.75, 3.05) is 6.54 Å². The number of hydrogen-bond donors (Lipinski definition) is 2. The van der Waals surface area contributed by atoms with E-state index in [2.05, 4.69) is 17.6 Å². The van der Waals surface area contributed by atoms with Crippen molar-refractivity contribution >= 4 is 17.9 Å². The summed E-state index contributed by atoms with van der Waals surface area (Å²) in [6.45, 7) is 17.7. The molecule has 0 aromatic heterocycles. The summed E-state index contributed by atoms with van der Waals surface area (Å²) in [7, 11) is 0. The Kier molecular flexibility index (Phi) is 13.7. The van der Waals surface area contributed by atoms with Gasteiger partial charge in [0.05, 0.1) is 0 Å². The summed E-state index contributed by atoms with van der Waals surface area (Å²) in [6.07, 6.45) is 5.15. The molecular formula is C30H51N3O4. The zero-order valence-corrected chi connectivity index (χ0v) is 24.6. The highest BCUT2D eigenvalue weighted by molar-refractivity contribution is 5.92. The van der Waals surface area contributed by atoms with Gasteiger partial charge in [0.15, 0.2) is 0 Å². The maximum Gasteiger partial charge on any atom is 0.408 e. The lowest BCUT2D eigenvalue weighted by Gasteiger charge is -2.37. The molecule has 1 aromatic carbocycles. The molecule has 7 nitrogen and oxygen atoms in total. The molecule has 0 aliphatic carbocycles. The topological polar surface area (TPSA) is 87.7 Å². The molecule has 0 spiro atoms. The molecule has 0 radical (unpaired) electrons. The largest absolute Gasteiger partial charge is 0.444 e. The number of rotatable bonds is 14. The predicted molar refractivity (Wildman–Crippen MR) is 150 cm³/mol. The SMILES string of the molecule is CCCCCCCN(C(=O)C(NC(=O)OC(C)(C)C)C(C)CC)C(C(=O)NC(C)C)c1ccccc1C. The number of carbonyl (C=O) groups excluding carboxylic acids is 3. The van der Waals surface area contributed by atoms with E-state index in [1.165, 1.54) is 0 Å². The predicted octanol–water partition coefficient (Wildman–Crippen LogP) is 6.30. The first-order chi connectivity index (χ1) is 17.3. The Morgan fingerprint density at radius 1 is 0.946 bits per heavy atom. The lowest BCUT2D eigenvalue weighted by atomic mass is 9.94. The van der Waals surface area contributed by atoms with E-state index < -0.39 is 23.8 Å². The fraction of sp³-hybridized carbons (Fsp3) is 0.700. The molecule has 1 aromatic rings. The van der Waals surface area contributed by atoms with Gasteiger partial charge in [0.1, 0.15) is 17.7 Å². The molecule has 210 valence electrons. The Morgan fingerprint density at radius 2 is 1.57 bits per heavy atom. The standard InChI is InChI=1S/C30H51N3O4/c1-10-12-13-14-17-20-33(26(27(34)31-21(3)4)24-19-16-15-18-23(24)6)28(35)25(22(5)11-2)32-29(36)37-30(7,8)9/h15-16,18-19,21-22,25-26H,10-14,17,20H2,1-9H3,(H,31,34)(H,32,36). The highest BCUT2D eigenvalue weighted by Gasteiger charge is 2.38. The second kappa shape index (κ2) is 15.6. The first-order valence-corrected chi connectivity index (χ1v) is 14.0. The van der Waals surface area contributed by atoms with E-state index in [1.54, 1.807) is 25.7 Å². The van der Waals surface area contributed by atoms with Crippen LogP contribution in [-0.2, 0) is 14.3 Å². The highest BCUT2D eigenvalue weighted by Crippen LogP contribution is 2.28. The van der Waals surface area contributed by atoms with Crippen molar-refractivity contribution in [3.63, 3.8) is 0 Å². The van der Waals surface area contributed by atoms with Crippen LogP contribution in [0.4, 0.5) is 4.79 Å². The van der Waals surface area contributed by atoms with Gasteiger partial charge in [-0.05, 0) is 65.0 Å². The van der Waals surface area contributed by atoms with Gasteiger partial charge in [0.2, 0.25) is 11.8 Å². The third-order valence-electron chi connectivity index (χ3n) is 6.41. The van der Waals surface area contributed by atoms with Crippen molar-refractivity contribution in [1.82, 2.24) is 15.5 Å². The Labute approximate surface area is 225 Å². The van der Waals surface area contributed by atoms with Gasteiger partial charge in [-0.3, -0.25) is 9.59 Å². The molecule has 1 rings (SSSR count). The molecule has 0 bridgehead atoms. The van der Waals surface area contributed by atoms with Crippen molar-refractivity contribution in [2.24, 2.45) is 5.92 Å². The molecule has 0 aliphatic rings. The van der Waals surface area contributed by atoms with Crippen molar-refractivity contribution < 1.29 is 19.1 Å². The Hall–Kier alpha value is -2.57. The van der Waals surface area contributed by atoms with Crippen LogP contribution in [0.25, 0.3) is 0 Å². The van der Waals surface area contributed by atoms with Gasteiger partial charge in [-0.15, -0.1) is 0 Å². The highest BCUT2D eigenvalue weighted by atomic mass is 16.6. The Morgan fingerprint density at radius 3 is 2.11 bits per heavy atom. The minimum Gasteiger partial charge on any atom is -0.444 e. The van der Waals surface area contributed by atoms with Crippen molar-refractivity contribution in [3.05, 3.63) is 35.4 Å². The summed E-state index contributed by atoms with van der Waals surface area (Å²) in [5.41, 5.74) is 1.05. The van der Waals surface area contributed by atoms with Crippen LogP contribution in [0.15, 0.2) is 24.3 Å². The molecule has 0 aliphatic heterocycles. The van der Waals surface area contributed by atoms with Gasteiger partial charge < -0.3 is 20.3 Å². The quantitative estimate of drug-likeness (QED) is 0.284. The van der Waals surface area contributed by atoms with E-state index in [4.69, 9.17) is 4.74 Å². The summed E-state index contributed by atoms with van der Waals surface area (Å²) in [5, 5.41) is 5.86. The molecule has 3 atom stereocenters. The number of nitrogens with zero attached hydrogens (tertiary/aromatic N) is 1. The van der Waals surface area contributed by atoms with Gasteiger partial charge in [-0.25, -0.2) is 4.79 Å². The molecule has 0 fully saturated rings. The average molecular weight is 518 g/mol. The average Bonchev–Trinajstić information content (AvgIpc) is 2.80. The third kappa shape index (κ3) is 11.1. The van der Waals surface area contributed by atoms with Crippen molar-refractivity contribution in [3.8, 4) is 0 Å². The minimum atomic E-state index is -0.811. The summed E-state index contributed by atoms with van der Waals surface area (Å²) >= 11 is 0. The van der Waals surface area contributed by atoms with Crippen LogP contribution in [0, 0.1) is 12.8 Å².